The van der Waals surface area contributed by atoms with Crippen LogP contribution < -0.4 is 14.2 Å². The zero-order valence-corrected chi connectivity index (χ0v) is 12.5. The van der Waals surface area contributed by atoms with Crippen LogP contribution in [0, 0.1) is 0 Å². The number of nitrogens with zero attached hydrogens (tertiary/aromatic N) is 1. The van der Waals surface area contributed by atoms with Gasteiger partial charge in [0.25, 0.3) is 0 Å². The number of pyridine rings is 1. The molecule has 7 nitrogen and oxygen atoms in total. The number of hydrogen-bond donors (Lipinski definition) is 2. The summed E-state index contributed by atoms with van der Waals surface area (Å²) in [6.45, 7) is 0. The third kappa shape index (κ3) is 4.13. The summed E-state index contributed by atoms with van der Waals surface area (Å²) in [5.41, 5.74) is 0.576. The van der Waals surface area contributed by atoms with Crippen molar-refractivity contribution in [2.45, 2.75) is 0 Å². The Bertz CT molecular complexity index is 699. The van der Waals surface area contributed by atoms with Crippen molar-refractivity contribution in [2.24, 2.45) is 0 Å². The lowest BCUT2D eigenvalue weighted by Crippen LogP contribution is -1.97. The molecule has 0 aliphatic heterocycles. The third-order valence-corrected chi connectivity index (χ3v) is 2.83. The van der Waals surface area contributed by atoms with Crippen LogP contribution in [-0.2, 0) is 4.79 Å². The lowest BCUT2D eigenvalue weighted by atomic mass is 10.1. The van der Waals surface area contributed by atoms with E-state index in [1.165, 1.54) is 38.6 Å². The first-order valence-corrected chi connectivity index (χ1v) is 6.53. The zero-order valence-electron chi connectivity index (χ0n) is 12.5. The minimum Gasteiger partial charge on any atom is -0.506 e. The van der Waals surface area contributed by atoms with Gasteiger partial charge in [-0.25, -0.2) is 9.78 Å². The fourth-order valence-electron chi connectivity index (χ4n) is 1.80. The predicted octanol–water partition coefficient (Wildman–Crippen LogP) is 2.69. The highest BCUT2D eigenvalue weighted by atomic mass is 16.5. The molecule has 1 heterocycles. The van der Waals surface area contributed by atoms with E-state index in [4.69, 9.17) is 19.3 Å². The SMILES string of the molecule is COc1cc(/C=C/C(=O)O)cc(OC)c1Oc1ccc(O)cn1. The van der Waals surface area contributed by atoms with Crippen molar-refractivity contribution >= 4 is 12.0 Å². The summed E-state index contributed by atoms with van der Waals surface area (Å²) in [5.74, 6) is 0.199. The van der Waals surface area contributed by atoms with Gasteiger partial charge in [-0.3, -0.25) is 0 Å². The van der Waals surface area contributed by atoms with E-state index >= 15 is 0 Å². The van der Waals surface area contributed by atoms with Crippen LogP contribution >= 0.6 is 0 Å². The van der Waals surface area contributed by atoms with E-state index < -0.39 is 5.97 Å². The van der Waals surface area contributed by atoms with Crippen molar-refractivity contribution in [3.8, 4) is 28.9 Å². The number of aliphatic carboxylic acids is 1. The first-order valence-electron chi connectivity index (χ1n) is 6.53. The average Bonchev–Trinajstić information content (AvgIpc) is 2.55. The molecule has 0 aliphatic rings. The molecule has 0 unspecified atom stereocenters. The Labute approximate surface area is 132 Å². The predicted molar refractivity (Wildman–Crippen MR) is 82.2 cm³/mol. The number of hydrogen-bond acceptors (Lipinski definition) is 6. The van der Waals surface area contributed by atoms with Crippen LogP contribution in [0.25, 0.3) is 6.08 Å². The number of benzene rings is 1. The summed E-state index contributed by atoms with van der Waals surface area (Å²) in [5, 5.41) is 17.9. The second-order valence-corrected chi connectivity index (χ2v) is 4.38. The molecule has 0 fully saturated rings. The third-order valence-electron chi connectivity index (χ3n) is 2.83. The van der Waals surface area contributed by atoms with Gasteiger partial charge in [-0.05, 0) is 29.8 Å². The Morgan fingerprint density at radius 3 is 2.30 bits per heavy atom. The molecule has 0 saturated carbocycles. The van der Waals surface area contributed by atoms with Crippen LogP contribution in [0.3, 0.4) is 0 Å². The van der Waals surface area contributed by atoms with E-state index in [1.807, 2.05) is 0 Å². The molecule has 0 aliphatic carbocycles. The topological polar surface area (TPSA) is 98.1 Å². The first-order chi connectivity index (χ1) is 11.0. The van der Waals surface area contributed by atoms with Crippen molar-refractivity contribution in [1.29, 1.82) is 0 Å². The number of carboxylic acids is 1. The Hall–Kier alpha value is -3.22. The summed E-state index contributed by atoms with van der Waals surface area (Å²) < 4.78 is 16.2. The van der Waals surface area contributed by atoms with Crippen molar-refractivity contribution in [2.75, 3.05) is 14.2 Å². The number of rotatable bonds is 6. The molecule has 1 aromatic heterocycles. The van der Waals surface area contributed by atoms with E-state index in [9.17, 15) is 9.90 Å². The average molecular weight is 317 g/mol. The van der Waals surface area contributed by atoms with Crippen molar-refractivity contribution in [1.82, 2.24) is 4.98 Å². The number of ether oxygens (including phenoxy) is 3. The largest absolute Gasteiger partial charge is 0.506 e. The maximum atomic E-state index is 10.6. The number of methoxy groups -OCH3 is 2. The van der Waals surface area contributed by atoms with Crippen LogP contribution in [0.15, 0.2) is 36.5 Å². The van der Waals surface area contributed by atoms with Crippen molar-refractivity contribution in [3.05, 3.63) is 42.1 Å². The minimum absolute atomic E-state index is 0.0189. The maximum Gasteiger partial charge on any atom is 0.328 e. The van der Waals surface area contributed by atoms with E-state index in [0.717, 1.165) is 6.08 Å². The van der Waals surface area contributed by atoms with Gasteiger partial charge >= 0.3 is 5.97 Å². The highest BCUT2D eigenvalue weighted by Crippen LogP contribution is 2.41. The van der Waals surface area contributed by atoms with E-state index in [2.05, 4.69) is 4.98 Å². The number of carboxylic acid groups (broad SMARTS) is 1. The standard InChI is InChI=1S/C16H15NO6/c1-21-12-7-10(3-6-15(19)20)8-13(22-2)16(12)23-14-5-4-11(18)9-17-14/h3-9,18H,1-2H3,(H,19,20)/b6-3+. The first kappa shape index (κ1) is 16.2. The fourth-order valence-corrected chi connectivity index (χ4v) is 1.80. The molecule has 0 saturated heterocycles. The van der Waals surface area contributed by atoms with Gasteiger partial charge in [0.2, 0.25) is 11.6 Å². The smallest absolute Gasteiger partial charge is 0.328 e. The maximum absolute atomic E-state index is 10.6. The van der Waals surface area contributed by atoms with E-state index in [0.29, 0.717) is 22.8 Å². The van der Waals surface area contributed by atoms with Crippen LogP contribution in [0.1, 0.15) is 5.56 Å². The minimum atomic E-state index is -1.06. The Morgan fingerprint density at radius 2 is 1.83 bits per heavy atom. The van der Waals surface area contributed by atoms with E-state index in [-0.39, 0.29) is 11.6 Å². The summed E-state index contributed by atoms with van der Waals surface area (Å²) in [4.78, 5) is 14.5. The molecule has 0 amide bonds. The molecule has 0 radical (unpaired) electrons. The molecule has 7 heteroatoms. The molecule has 2 aromatic rings. The van der Waals surface area contributed by atoms with Gasteiger partial charge in [-0.1, -0.05) is 0 Å². The van der Waals surface area contributed by atoms with Crippen LogP contribution in [-0.4, -0.2) is 35.4 Å². The van der Waals surface area contributed by atoms with Gasteiger partial charge < -0.3 is 24.4 Å². The lowest BCUT2D eigenvalue weighted by Gasteiger charge is -2.14. The monoisotopic (exact) mass is 317 g/mol. The zero-order chi connectivity index (χ0) is 16.8. The molecule has 23 heavy (non-hydrogen) atoms. The number of carbonyl (C=O) groups is 1. The quantitative estimate of drug-likeness (QED) is 0.790. The molecular formula is C16H15NO6. The van der Waals surface area contributed by atoms with Crippen LogP contribution in [0.5, 0.6) is 28.9 Å². The van der Waals surface area contributed by atoms with E-state index in [1.54, 1.807) is 12.1 Å². The highest BCUT2D eigenvalue weighted by molar-refractivity contribution is 5.85. The normalized spacial score (nSPS) is 10.5. The molecule has 1 aromatic carbocycles. The van der Waals surface area contributed by atoms with Gasteiger partial charge in [-0.2, -0.15) is 0 Å². The molecule has 0 spiro atoms. The highest BCUT2D eigenvalue weighted by Gasteiger charge is 2.15. The van der Waals surface area contributed by atoms with Gasteiger partial charge in [0.1, 0.15) is 5.75 Å². The Kier molecular flexibility index (Phi) is 5.03. The molecule has 0 atom stereocenters. The van der Waals surface area contributed by atoms with Gasteiger partial charge in [0.15, 0.2) is 11.5 Å². The Morgan fingerprint density at radius 1 is 1.17 bits per heavy atom. The molecular weight excluding hydrogens is 302 g/mol. The molecule has 0 bridgehead atoms. The summed E-state index contributed by atoms with van der Waals surface area (Å²) in [6.07, 6.45) is 3.67. The van der Waals surface area contributed by atoms with Gasteiger partial charge in [-0.15, -0.1) is 0 Å². The second-order valence-electron chi connectivity index (χ2n) is 4.38. The fraction of sp³-hybridized carbons (Fsp3) is 0.125. The summed E-state index contributed by atoms with van der Waals surface area (Å²) in [6, 6.07) is 6.15. The second kappa shape index (κ2) is 7.17. The van der Waals surface area contributed by atoms with Crippen LogP contribution in [0.2, 0.25) is 0 Å². The lowest BCUT2D eigenvalue weighted by molar-refractivity contribution is -0.131. The van der Waals surface area contributed by atoms with Gasteiger partial charge in [0, 0.05) is 12.1 Å². The summed E-state index contributed by atoms with van der Waals surface area (Å²) in [7, 11) is 2.91. The molecule has 120 valence electrons. The van der Waals surface area contributed by atoms with Gasteiger partial charge in [0.05, 0.1) is 20.4 Å². The summed E-state index contributed by atoms with van der Waals surface area (Å²) >= 11 is 0. The number of aromatic nitrogens is 1. The Balaban J connectivity index is 2.41. The van der Waals surface area contributed by atoms with Crippen LogP contribution in [0.4, 0.5) is 0 Å². The number of aromatic hydroxyl groups is 1. The van der Waals surface area contributed by atoms with Crippen molar-refractivity contribution in [3.63, 3.8) is 0 Å². The molecule has 2 rings (SSSR count). The molecule has 2 N–H and O–H groups in total. The van der Waals surface area contributed by atoms with Crippen molar-refractivity contribution < 1.29 is 29.2 Å².